The van der Waals surface area contributed by atoms with E-state index < -0.39 is 0 Å². The van der Waals surface area contributed by atoms with Crippen LogP contribution in [0.2, 0.25) is 0 Å². The van der Waals surface area contributed by atoms with Gasteiger partial charge < -0.3 is 30.3 Å². The van der Waals surface area contributed by atoms with Gasteiger partial charge in [-0.25, -0.2) is 4.68 Å². The van der Waals surface area contributed by atoms with Crippen molar-refractivity contribution >= 4 is 11.6 Å². The second kappa shape index (κ2) is 18.3. The van der Waals surface area contributed by atoms with Gasteiger partial charge in [0.25, 0.3) is 0 Å². The lowest BCUT2D eigenvalue weighted by molar-refractivity contribution is -0.0394. The first-order chi connectivity index (χ1) is 32.6. The number of hydrogen-bond donors (Lipinski definition) is 4. The third-order valence-corrected chi connectivity index (χ3v) is 16.0. The zero-order chi connectivity index (χ0) is 47.3. The Kier molecular flexibility index (Phi) is 12.4. The van der Waals surface area contributed by atoms with Crippen molar-refractivity contribution in [3.05, 3.63) is 91.0 Å². The number of phenols is 1. The first-order valence-electron chi connectivity index (χ1n) is 25.0. The molecule has 0 aliphatic carbocycles. The topological polar surface area (TPSA) is 158 Å². The van der Waals surface area contributed by atoms with Crippen molar-refractivity contribution in [2.75, 3.05) is 30.5 Å². The summed E-state index contributed by atoms with van der Waals surface area (Å²) < 4.78 is 7.85. The lowest BCUT2D eigenvalue weighted by Gasteiger charge is -2.55. The van der Waals surface area contributed by atoms with Crippen LogP contribution in [0.1, 0.15) is 123 Å². The van der Waals surface area contributed by atoms with Crippen molar-refractivity contribution in [1.82, 2.24) is 51.0 Å². The lowest BCUT2D eigenvalue weighted by Crippen LogP contribution is -2.66. The average Bonchev–Trinajstić information content (AvgIpc) is 4.05. The summed E-state index contributed by atoms with van der Waals surface area (Å²) in [5.74, 6) is 2.00. The SMILES string of the molecule is CN(c1ccc(-c2ccc(-c3cn[nH]c3)cc2O)nn1)C1C[C@]2(C)CCC[C@](C)(C1)N2.Cc1cc(-c2cnn(C3CCCCO3)c2)ccc1-c1ccc(N(C)C2C[C@]3(C)CCC[C@](C)(C2)N3)nn1. The minimum absolute atomic E-state index is 0.0602. The van der Waals surface area contributed by atoms with Crippen molar-refractivity contribution in [1.29, 1.82) is 0 Å². The molecule has 0 amide bonds. The van der Waals surface area contributed by atoms with Crippen LogP contribution in [0.25, 0.3) is 44.8 Å². The predicted molar refractivity (Wildman–Crippen MR) is 269 cm³/mol. The highest BCUT2D eigenvalue weighted by Crippen LogP contribution is 2.44. The van der Waals surface area contributed by atoms with E-state index in [-0.39, 0.29) is 34.1 Å². The van der Waals surface area contributed by atoms with Gasteiger partial charge >= 0.3 is 0 Å². The minimum Gasteiger partial charge on any atom is -0.507 e. The van der Waals surface area contributed by atoms with Gasteiger partial charge in [0, 0.05) is 89.6 Å². The molecule has 5 aliphatic heterocycles. The molecule has 5 saturated heterocycles. The first kappa shape index (κ1) is 46.1. The maximum atomic E-state index is 10.6. The largest absolute Gasteiger partial charge is 0.507 e. The lowest BCUT2D eigenvalue weighted by atomic mass is 9.69. The smallest absolute Gasteiger partial charge is 0.151 e. The van der Waals surface area contributed by atoms with E-state index in [0.29, 0.717) is 23.3 Å². The molecule has 5 aliphatic rings. The van der Waals surface area contributed by atoms with Crippen molar-refractivity contribution in [2.24, 2.45) is 0 Å². The molecule has 9 heterocycles. The third-order valence-electron chi connectivity index (χ3n) is 16.0. The number of rotatable bonds is 9. The Bertz CT molecular complexity index is 2650. The van der Waals surface area contributed by atoms with E-state index in [2.05, 4.69) is 141 Å². The minimum atomic E-state index is 0.0602. The number of fused-ring (bicyclic) bond motifs is 4. The van der Waals surface area contributed by atoms with Crippen LogP contribution in [0.3, 0.4) is 0 Å². The van der Waals surface area contributed by atoms with Gasteiger partial charge in [-0.2, -0.15) is 10.2 Å². The number of anilines is 2. The fourth-order valence-electron chi connectivity index (χ4n) is 12.6. The van der Waals surface area contributed by atoms with Crippen LogP contribution < -0.4 is 20.4 Å². The van der Waals surface area contributed by atoms with Crippen LogP contribution in [-0.2, 0) is 4.74 Å². The molecule has 68 heavy (non-hydrogen) atoms. The Balaban J connectivity index is 0.000000161. The van der Waals surface area contributed by atoms with Crippen molar-refractivity contribution in [3.8, 4) is 50.5 Å². The molecule has 7 atom stereocenters. The van der Waals surface area contributed by atoms with E-state index in [1.807, 2.05) is 35.1 Å². The normalized spacial score (nSPS) is 28.8. The summed E-state index contributed by atoms with van der Waals surface area (Å²) in [6.45, 7) is 12.5. The molecule has 11 rings (SSSR count). The molecule has 14 heteroatoms. The van der Waals surface area contributed by atoms with Gasteiger partial charge in [0.1, 0.15) is 12.0 Å². The molecule has 5 fully saturated rings. The Morgan fingerprint density at radius 1 is 0.632 bits per heavy atom. The first-order valence-corrected chi connectivity index (χ1v) is 25.0. The number of phenolic OH excluding ortho intramolecular Hbond substituents is 1. The molecular formula is C54H70N12O2. The fraction of sp³-hybridized carbons (Fsp3) is 0.519. The number of benzene rings is 2. The van der Waals surface area contributed by atoms with E-state index in [4.69, 9.17) is 4.74 Å². The summed E-state index contributed by atoms with van der Waals surface area (Å²) in [5, 5.41) is 48.0. The Hall–Kier alpha value is -5.70. The number of aromatic amines is 1. The zero-order valence-corrected chi connectivity index (χ0v) is 41.1. The number of nitrogens with zero attached hydrogens (tertiary/aromatic N) is 9. The number of H-pyrrole nitrogens is 1. The molecule has 0 saturated carbocycles. The summed E-state index contributed by atoms with van der Waals surface area (Å²) >= 11 is 0. The average molecular weight is 919 g/mol. The van der Waals surface area contributed by atoms with Crippen molar-refractivity contribution in [2.45, 2.75) is 159 Å². The third kappa shape index (κ3) is 9.64. The quantitative estimate of drug-likeness (QED) is 0.109. The highest BCUT2D eigenvalue weighted by molar-refractivity contribution is 5.74. The number of piperidine rings is 4. The number of aromatic hydroxyl groups is 1. The van der Waals surface area contributed by atoms with Gasteiger partial charge in [-0.15, -0.1) is 20.4 Å². The highest BCUT2D eigenvalue weighted by atomic mass is 16.5. The fourth-order valence-corrected chi connectivity index (χ4v) is 12.6. The van der Waals surface area contributed by atoms with Gasteiger partial charge in [-0.05, 0) is 171 Å². The van der Waals surface area contributed by atoms with Gasteiger partial charge in [0.2, 0.25) is 0 Å². The summed E-state index contributed by atoms with van der Waals surface area (Å²) in [6.07, 6.45) is 23.1. The van der Waals surface area contributed by atoms with Crippen molar-refractivity contribution in [3.63, 3.8) is 0 Å². The second-order valence-electron chi connectivity index (χ2n) is 21.9. The van der Waals surface area contributed by atoms with Crippen LogP contribution in [0, 0.1) is 6.92 Å². The monoisotopic (exact) mass is 919 g/mol. The molecule has 4 aromatic heterocycles. The van der Waals surface area contributed by atoms with Crippen LogP contribution in [-0.4, -0.2) is 100 Å². The Labute approximate surface area is 401 Å². The highest BCUT2D eigenvalue weighted by Gasteiger charge is 2.48. The Morgan fingerprint density at radius 2 is 1.19 bits per heavy atom. The molecule has 6 aromatic rings. The van der Waals surface area contributed by atoms with E-state index in [1.54, 1.807) is 18.5 Å². The Morgan fingerprint density at radius 3 is 1.68 bits per heavy atom. The molecule has 4 bridgehead atoms. The van der Waals surface area contributed by atoms with E-state index in [1.165, 1.54) is 50.5 Å². The molecule has 4 N–H and O–H groups in total. The van der Waals surface area contributed by atoms with Crippen LogP contribution in [0.5, 0.6) is 5.75 Å². The van der Waals surface area contributed by atoms with Crippen LogP contribution >= 0.6 is 0 Å². The summed E-state index contributed by atoms with van der Waals surface area (Å²) in [6, 6.07) is 21.2. The predicted octanol–water partition coefficient (Wildman–Crippen LogP) is 10.0. The van der Waals surface area contributed by atoms with Gasteiger partial charge in [0.05, 0.1) is 23.8 Å². The molecule has 2 aromatic carbocycles. The molecule has 0 spiro atoms. The van der Waals surface area contributed by atoms with E-state index in [0.717, 1.165) is 90.3 Å². The number of aromatic nitrogens is 8. The molecule has 358 valence electrons. The van der Waals surface area contributed by atoms with Gasteiger partial charge in [-0.1, -0.05) is 24.3 Å². The molecule has 14 nitrogen and oxygen atoms in total. The summed E-state index contributed by atoms with van der Waals surface area (Å²) in [5.41, 5.74) is 9.47. The van der Waals surface area contributed by atoms with Crippen LogP contribution in [0.4, 0.5) is 11.6 Å². The number of hydrogen-bond acceptors (Lipinski definition) is 12. The molecular weight excluding hydrogens is 849 g/mol. The second-order valence-corrected chi connectivity index (χ2v) is 21.9. The standard InChI is InChI=1S/C30H40N6O.C24H30N6O/c1-21-16-22(23-19-31-36(20-23)28-8-5-6-15-37-28)9-10-25(21)26-11-12-27(33-32-26)35(4)24-17-29(2)13-7-14-30(3,18-24)34-29;1-23-9-4-10-24(2,29-23)13-18(12-23)30(3)22-8-7-20(27-28-22)19-6-5-16(11-21(19)31)17-14-25-26-15-17/h9-12,16,19-20,24,28,34H,5-8,13-15,17-18H2,1-4H3;5-8,11,14-15,18,29,31H,4,9-10,12-13H2,1-3H3,(H,25,26)/t24?,28?,29-,30+;18?,23-,24+. The van der Waals surface area contributed by atoms with E-state index in [9.17, 15) is 5.11 Å². The molecule has 0 radical (unpaired) electrons. The number of aryl methyl sites for hydroxylation is 1. The zero-order valence-electron chi connectivity index (χ0n) is 41.1. The van der Waals surface area contributed by atoms with Gasteiger partial charge in [-0.3, -0.25) is 5.10 Å². The summed E-state index contributed by atoms with van der Waals surface area (Å²) in [4.78, 5) is 4.63. The maximum absolute atomic E-state index is 10.6. The maximum Gasteiger partial charge on any atom is 0.151 e. The van der Waals surface area contributed by atoms with Crippen LogP contribution in [0.15, 0.2) is 85.5 Å². The summed E-state index contributed by atoms with van der Waals surface area (Å²) in [7, 11) is 4.31. The van der Waals surface area contributed by atoms with E-state index >= 15 is 0 Å². The van der Waals surface area contributed by atoms with Crippen molar-refractivity contribution < 1.29 is 9.84 Å². The number of ether oxygens (including phenoxy) is 1. The van der Waals surface area contributed by atoms with Gasteiger partial charge in [0.15, 0.2) is 11.6 Å². The number of nitrogens with one attached hydrogen (secondary N) is 3. The molecule has 3 unspecified atom stereocenters.